The molecule has 138 valence electrons. The minimum Gasteiger partial charge on any atom is -0.435 e. The lowest BCUT2D eigenvalue weighted by molar-refractivity contribution is -0.916. The number of carbonyl (C=O) groups is 2. The van der Waals surface area contributed by atoms with Crippen LogP contribution < -0.4 is 20.7 Å². The Morgan fingerprint density at radius 3 is 2.27 bits per heavy atom. The van der Waals surface area contributed by atoms with E-state index < -0.39 is 24.6 Å². The van der Waals surface area contributed by atoms with Crippen molar-refractivity contribution in [2.75, 3.05) is 7.05 Å². The summed E-state index contributed by atoms with van der Waals surface area (Å²) in [5.74, 6) is -0.452. The predicted octanol–water partition coefficient (Wildman–Crippen LogP) is 1.24. The number of nitrogens with two attached hydrogens (primary N) is 1. The maximum absolute atomic E-state index is 12.4. The number of hydrogen-bond donors (Lipinski definition) is 3. The topological polar surface area (TPSA) is 85.9 Å². The van der Waals surface area contributed by atoms with Crippen LogP contribution in [0, 0.1) is 0 Å². The van der Waals surface area contributed by atoms with Gasteiger partial charge in [-0.05, 0) is 24.3 Å². The molecule has 0 heterocycles. The van der Waals surface area contributed by atoms with E-state index >= 15 is 0 Å². The number of ether oxygens (including phenoxy) is 1. The van der Waals surface area contributed by atoms with Gasteiger partial charge in [0.1, 0.15) is 12.3 Å². The molecule has 3 amide bonds. The molecule has 0 spiro atoms. The van der Waals surface area contributed by atoms with Crippen LogP contribution in [0.3, 0.4) is 0 Å². The molecule has 6 nitrogen and oxygen atoms in total. The van der Waals surface area contributed by atoms with E-state index in [0.717, 1.165) is 16.0 Å². The van der Waals surface area contributed by atoms with Crippen LogP contribution in [0.25, 0.3) is 0 Å². The first-order valence-corrected chi connectivity index (χ1v) is 7.88. The van der Waals surface area contributed by atoms with Crippen molar-refractivity contribution in [3.05, 3.63) is 65.7 Å². The van der Waals surface area contributed by atoms with E-state index in [9.17, 15) is 18.4 Å². The quantitative estimate of drug-likeness (QED) is 0.691. The summed E-state index contributed by atoms with van der Waals surface area (Å²) in [6.07, 6.45) is 0. The fourth-order valence-electron chi connectivity index (χ4n) is 2.71. The van der Waals surface area contributed by atoms with E-state index in [1.165, 1.54) is 12.1 Å². The summed E-state index contributed by atoms with van der Waals surface area (Å²) in [7, 11) is 1.79. The molecule has 26 heavy (non-hydrogen) atoms. The number of nitrogens with one attached hydrogen (secondary N) is 2. The third kappa shape index (κ3) is 5.52. The second-order valence-corrected chi connectivity index (χ2v) is 5.74. The maximum Gasteiger partial charge on any atom is 0.387 e. The fraction of sp³-hybridized carbons (Fsp3) is 0.222. The number of halogens is 2. The van der Waals surface area contributed by atoms with E-state index in [1.807, 2.05) is 6.07 Å². The highest BCUT2D eigenvalue weighted by Crippen LogP contribution is 2.15. The largest absolute Gasteiger partial charge is 0.435 e. The number of alkyl halides is 2. The Kier molecular flexibility index (Phi) is 6.62. The van der Waals surface area contributed by atoms with Gasteiger partial charge in [-0.1, -0.05) is 30.3 Å². The average Bonchev–Trinajstić information content (AvgIpc) is 2.56. The van der Waals surface area contributed by atoms with E-state index in [1.54, 1.807) is 43.4 Å². The lowest BCUT2D eigenvalue weighted by Gasteiger charge is -2.24. The van der Waals surface area contributed by atoms with E-state index in [0.29, 0.717) is 6.54 Å². The minimum atomic E-state index is -2.88. The maximum atomic E-state index is 12.4. The number of primary amides is 1. The van der Waals surface area contributed by atoms with Crippen LogP contribution in [0.4, 0.5) is 13.6 Å². The van der Waals surface area contributed by atoms with Gasteiger partial charge in [0.15, 0.2) is 6.04 Å². The fourth-order valence-corrected chi connectivity index (χ4v) is 2.71. The van der Waals surface area contributed by atoms with Crippen LogP contribution in [0.5, 0.6) is 5.75 Å². The molecule has 0 aromatic heterocycles. The number of quaternary nitrogens is 1. The molecule has 2 aromatic carbocycles. The Labute approximate surface area is 149 Å². The van der Waals surface area contributed by atoms with Crippen molar-refractivity contribution in [3.63, 3.8) is 0 Å². The van der Waals surface area contributed by atoms with Crippen molar-refractivity contribution in [1.29, 1.82) is 0 Å². The third-order valence-electron chi connectivity index (χ3n) is 3.77. The molecule has 0 fully saturated rings. The predicted molar refractivity (Wildman–Crippen MR) is 90.6 cm³/mol. The SMILES string of the molecule is C[NH+](Cc1ccc(OC(F)F)cc1)[C@@H](C(=O)NC(N)=O)c1ccccc1. The second-order valence-electron chi connectivity index (χ2n) is 5.74. The number of carbonyl (C=O) groups excluding carboxylic acids is 2. The number of likely N-dealkylation sites (N-methyl/N-ethyl adjacent to an activating group) is 1. The monoisotopic (exact) mass is 364 g/mol. The first-order valence-electron chi connectivity index (χ1n) is 7.88. The first kappa shape index (κ1) is 19.3. The Bertz CT molecular complexity index is 739. The molecule has 2 atom stereocenters. The van der Waals surface area contributed by atoms with Crippen LogP contribution in [-0.4, -0.2) is 25.6 Å². The van der Waals surface area contributed by atoms with Crippen LogP contribution >= 0.6 is 0 Å². The molecule has 0 bridgehead atoms. The highest BCUT2D eigenvalue weighted by Gasteiger charge is 2.29. The van der Waals surface area contributed by atoms with Gasteiger partial charge in [-0.2, -0.15) is 8.78 Å². The molecular weight excluding hydrogens is 344 g/mol. The average molecular weight is 364 g/mol. The zero-order valence-electron chi connectivity index (χ0n) is 14.1. The van der Waals surface area contributed by atoms with Crippen LogP contribution in [0.1, 0.15) is 17.2 Å². The Balaban J connectivity index is 2.17. The zero-order chi connectivity index (χ0) is 19.1. The van der Waals surface area contributed by atoms with Crippen LogP contribution in [0.15, 0.2) is 54.6 Å². The number of imide groups is 1. The van der Waals surface area contributed by atoms with Gasteiger partial charge < -0.3 is 15.4 Å². The molecule has 2 aromatic rings. The van der Waals surface area contributed by atoms with Gasteiger partial charge in [0.2, 0.25) is 0 Å². The molecule has 4 N–H and O–H groups in total. The summed E-state index contributed by atoms with van der Waals surface area (Å²) in [5.41, 5.74) is 6.60. The third-order valence-corrected chi connectivity index (χ3v) is 3.77. The van der Waals surface area contributed by atoms with Gasteiger partial charge >= 0.3 is 12.6 Å². The minimum absolute atomic E-state index is 0.0625. The first-order chi connectivity index (χ1) is 12.4. The van der Waals surface area contributed by atoms with Gasteiger partial charge in [-0.15, -0.1) is 0 Å². The summed E-state index contributed by atoms with van der Waals surface area (Å²) < 4.78 is 28.7. The standard InChI is InChI=1S/C18H19F2N3O3/c1-23(11-12-7-9-14(10-8-12)26-17(19)20)15(16(24)22-18(21)25)13-5-3-2-4-6-13/h2-10,15,17H,11H2,1H3,(H3,21,22,24,25)/p+1/t15-/m1/s1. The highest BCUT2D eigenvalue weighted by molar-refractivity contribution is 5.96. The van der Waals surface area contributed by atoms with Crippen LogP contribution in [-0.2, 0) is 11.3 Å². The van der Waals surface area contributed by atoms with Crippen molar-refractivity contribution in [3.8, 4) is 5.75 Å². The molecule has 0 radical (unpaired) electrons. The summed E-state index contributed by atoms with van der Waals surface area (Å²) in [6.45, 7) is -2.46. The molecule has 1 unspecified atom stereocenters. The number of benzene rings is 2. The van der Waals surface area contributed by atoms with Crippen molar-refractivity contribution >= 4 is 11.9 Å². The van der Waals surface area contributed by atoms with Crippen molar-refractivity contribution in [2.45, 2.75) is 19.2 Å². The van der Waals surface area contributed by atoms with Gasteiger partial charge in [0.25, 0.3) is 5.91 Å². The second kappa shape index (κ2) is 8.91. The number of amides is 3. The van der Waals surface area contributed by atoms with Crippen molar-refractivity contribution in [1.82, 2.24) is 5.32 Å². The summed E-state index contributed by atoms with van der Waals surface area (Å²) in [4.78, 5) is 24.3. The van der Waals surface area contributed by atoms with Crippen molar-refractivity contribution in [2.24, 2.45) is 5.73 Å². The van der Waals surface area contributed by atoms with Gasteiger partial charge in [-0.25, -0.2) is 4.79 Å². The summed E-state index contributed by atoms with van der Waals surface area (Å²) >= 11 is 0. The van der Waals surface area contributed by atoms with Crippen molar-refractivity contribution < 1.29 is 28.0 Å². The lowest BCUT2D eigenvalue weighted by Crippen LogP contribution is -3.09. The summed E-state index contributed by atoms with van der Waals surface area (Å²) in [5, 5.41) is 2.11. The molecular formula is C18H20F2N3O3+. The molecule has 0 aliphatic carbocycles. The number of hydrogen-bond acceptors (Lipinski definition) is 3. The van der Waals surface area contributed by atoms with Gasteiger partial charge in [-0.3, -0.25) is 10.1 Å². The smallest absolute Gasteiger partial charge is 0.387 e. The van der Waals surface area contributed by atoms with E-state index in [-0.39, 0.29) is 5.75 Å². The highest BCUT2D eigenvalue weighted by atomic mass is 19.3. The molecule has 0 aliphatic rings. The molecule has 0 saturated heterocycles. The van der Waals surface area contributed by atoms with Crippen LogP contribution in [0.2, 0.25) is 0 Å². The lowest BCUT2D eigenvalue weighted by atomic mass is 10.0. The Morgan fingerprint density at radius 1 is 1.12 bits per heavy atom. The number of rotatable bonds is 7. The Morgan fingerprint density at radius 2 is 1.73 bits per heavy atom. The van der Waals surface area contributed by atoms with E-state index in [2.05, 4.69) is 10.1 Å². The normalized spacial score (nSPS) is 13.1. The molecule has 8 heteroatoms. The van der Waals surface area contributed by atoms with Gasteiger partial charge in [0.05, 0.1) is 7.05 Å². The zero-order valence-corrected chi connectivity index (χ0v) is 14.1. The van der Waals surface area contributed by atoms with Gasteiger partial charge in [0, 0.05) is 11.1 Å². The number of urea groups is 1. The molecule has 0 saturated carbocycles. The molecule has 2 rings (SSSR count). The van der Waals surface area contributed by atoms with E-state index in [4.69, 9.17) is 5.73 Å². The molecule has 0 aliphatic heterocycles. The summed E-state index contributed by atoms with van der Waals surface area (Å²) in [6, 6.07) is 13.6. The Hall–Kier alpha value is -3.00.